The summed E-state index contributed by atoms with van der Waals surface area (Å²) in [6.45, 7) is 2.72. The van der Waals surface area contributed by atoms with Gasteiger partial charge >= 0.3 is 0 Å². The van der Waals surface area contributed by atoms with Crippen molar-refractivity contribution in [2.45, 2.75) is 6.42 Å². The van der Waals surface area contributed by atoms with E-state index in [1.54, 1.807) is 18.2 Å². The van der Waals surface area contributed by atoms with Crippen molar-refractivity contribution < 1.29 is 4.79 Å². The molecule has 144 valence electrons. The molecule has 1 amide bonds. The van der Waals surface area contributed by atoms with Crippen LogP contribution >= 0.6 is 34.7 Å². The van der Waals surface area contributed by atoms with E-state index in [2.05, 4.69) is 26.4 Å². The maximum atomic E-state index is 12.7. The molecule has 28 heavy (non-hydrogen) atoms. The molecular formula is C20H18Cl2N4OS. The highest BCUT2D eigenvalue weighted by Crippen LogP contribution is 2.24. The SMILES string of the molecule is O=C(c1ccc(Cl)c(Cl)c1)N1CCN(c2nc(Cc3ccccc3)ns2)CC1. The van der Waals surface area contributed by atoms with Crippen LogP contribution in [0, 0.1) is 0 Å². The lowest BCUT2D eigenvalue weighted by Gasteiger charge is -2.34. The molecule has 3 aromatic rings. The molecule has 1 aliphatic heterocycles. The zero-order valence-electron chi connectivity index (χ0n) is 15.0. The van der Waals surface area contributed by atoms with Crippen molar-refractivity contribution >= 4 is 45.8 Å². The fourth-order valence-corrected chi connectivity index (χ4v) is 4.17. The molecule has 0 atom stereocenters. The molecule has 0 aliphatic carbocycles. The van der Waals surface area contributed by atoms with Crippen molar-refractivity contribution in [2.75, 3.05) is 31.1 Å². The van der Waals surface area contributed by atoms with Gasteiger partial charge in [0.2, 0.25) is 5.13 Å². The first-order valence-electron chi connectivity index (χ1n) is 8.96. The second-order valence-electron chi connectivity index (χ2n) is 6.56. The van der Waals surface area contributed by atoms with Crippen LogP contribution in [0.5, 0.6) is 0 Å². The minimum atomic E-state index is -0.0275. The average molecular weight is 433 g/mol. The fraction of sp³-hybridized carbons (Fsp3) is 0.250. The van der Waals surface area contributed by atoms with Gasteiger partial charge in [0.15, 0.2) is 0 Å². The molecule has 0 bridgehead atoms. The average Bonchev–Trinajstić information content (AvgIpc) is 3.19. The first-order valence-corrected chi connectivity index (χ1v) is 10.5. The third-order valence-electron chi connectivity index (χ3n) is 4.67. The molecule has 0 radical (unpaired) electrons. The molecule has 5 nitrogen and oxygen atoms in total. The van der Waals surface area contributed by atoms with E-state index in [0.29, 0.717) is 28.7 Å². The van der Waals surface area contributed by atoms with Gasteiger partial charge in [0.25, 0.3) is 5.91 Å². The van der Waals surface area contributed by atoms with Crippen molar-refractivity contribution in [1.29, 1.82) is 0 Å². The zero-order chi connectivity index (χ0) is 19.5. The summed E-state index contributed by atoms with van der Waals surface area (Å²) in [5.74, 6) is 0.806. The van der Waals surface area contributed by atoms with Gasteiger partial charge in [-0.2, -0.15) is 4.37 Å². The van der Waals surface area contributed by atoms with Crippen LogP contribution in [-0.4, -0.2) is 46.3 Å². The van der Waals surface area contributed by atoms with E-state index in [9.17, 15) is 4.79 Å². The maximum Gasteiger partial charge on any atom is 0.254 e. The van der Waals surface area contributed by atoms with Crippen molar-refractivity contribution in [1.82, 2.24) is 14.3 Å². The number of hydrogen-bond acceptors (Lipinski definition) is 5. The fourth-order valence-electron chi connectivity index (χ4n) is 3.14. The van der Waals surface area contributed by atoms with Crippen LogP contribution in [0.15, 0.2) is 48.5 Å². The first-order chi connectivity index (χ1) is 13.6. The molecule has 0 spiro atoms. The predicted octanol–water partition coefficient (Wildman–Crippen LogP) is 4.40. The van der Waals surface area contributed by atoms with Crippen LogP contribution in [0.2, 0.25) is 10.0 Å². The van der Waals surface area contributed by atoms with Crippen LogP contribution < -0.4 is 4.90 Å². The minimum Gasteiger partial charge on any atom is -0.343 e. The molecule has 1 aromatic heterocycles. The standard InChI is InChI=1S/C20H18Cl2N4OS/c21-16-7-6-15(13-17(16)22)19(27)25-8-10-26(11-9-25)20-23-18(24-28-20)12-14-4-2-1-3-5-14/h1-7,13H,8-12H2. The van der Waals surface area contributed by atoms with Gasteiger partial charge < -0.3 is 9.80 Å². The summed E-state index contributed by atoms with van der Waals surface area (Å²) in [6, 6.07) is 15.2. The number of piperazine rings is 1. The number of rotatable bonds is 4. The number of anilines is 1. The molecule has 1 saturated heterocycles. The topological polar surface area (TPSA) is 49.3 Å². The highest BCUT2D eigenvalue weighted by molar-refractivity contribution is 7.09. The summed E-state index contributed by atoms with van der Waals surface area (Å²) >= 11 is 13.4. The Kier molecular flexibility index (Phi) is 5.80. The van der Waals surface area contributed by atoms with Gasteiger partial charge in [0, 0.05) is 49.7 Å². The molecule has 0 N–H and O–H groups in total. The summed E-state index contributed by atoms with van der Waals surface area (Å²) in [5.41, 5.74) is 1.76. The number of amides is 1. The summed E-state index contributed by atoms with van der Waals surface area (Å²) in [4.78, 5) is 21.4. The molecule has 0 saturated carbocycles. The molecule has 4 rings (SSSR count). The number of benzene rings is 2. The van der Waals surface area contributed by atoms with E-state index in [-0.39, 0.29) is 5.91 Å². The van der Waals surface area contributed by atoms with E-state index in [4.69, 9.17) is 23.2 Å². The number of nitrogens with zero attached hydrogens (tertiary/aromatic N) is 4. The molecule has 2 heterocycles. The largest absolute Gasteiger partial charge is 0.343 e. The number of halogens is 2. The number of carbonyl (C=O) groups excluding carboxylic acids is 1. The van der Waals surface area contributed by atoms with Gasteiger partial charge in [-0.25, -0.2) is 4.98 Å². The smallest absolute Gasteiger partial charge is 0.254 e. The van der Waals surface area contributed by atoms with Gasteiger partial charge in [-0.1, -0.05) is 53.5 Å². The van der Waals surface area contributed by atoms with Gasteiger partial charge in [-0.05, 0) is 23.8 Å². The molecule has 1 aliphatic rings. The second kappa shape index (κ2) is 8.47. The van der Waals surface area contributed by atoms with Gasteiger partial charge in [-0.15, -0.1) is 0 Å². The Morgan fingerprint density at radius 1 is 1.00 bits per heavy atom. The number of hydrogen-bond donors (Lipinski definition) is 0. The Hall–Kier alpha value is -2.15. The molecule has 2 aromatic carbocycles. The Morgan fingerprint density at radius 2 is 1.75 bits per heavy atom. The van der Waals surface area contributed by atoms with Crippen LogP contribution in [0.25, 0.3) is 0 Å². The monoisotopic (exact) mass is 432 g/mol. The van der Waals surface area contributed by atoms with Crippen molar-refractivity contribution in [2.24, 2.45) is 0 Å². The van der Waals surface area contributed by atoms with Crippen LogP contribution in [0.1, 0.15) is 21.7 Å². The second-order valence-corrected chi connectivity index (χ2v) is 8.11. The van der Waals surface area contributed by atoms with Gasteiger partial charge in [-0.3, -0.25) is 4.79 Å². The molecular weight excluding hydrogens is 415 g/mol. The number of carbonyl (C=O) groups is 1. The molecule has 0 unspecified atom stereocenters. The van der Waals surface area contributed by atoms with E-state index < -0.39 is 0 Å². The first kappa shape index (κ1) is 19.2. The maximum absolute atomic E-state index is 12.7. The summed E-state index contributed by atoms with van der Waals surface area (Å²) in [5, 5.41) is 1.75. The Bertz CT molecular complexity index is 971. The van der Waals surface area contributed by atoms with E-state index in [1.807, 2.05) is 23.1 Å². The quantitative estimate of drug-likeness (QED) is 0.612. The van der Waals surface area contributed by atoms with Crippen LogP contribution in [0.4, 0.5) is 5.13 Å². The summed E-state index contributed by atoms with van der Waals surface area (Å²) in [6.07, 6.45) is 0.729. The van der Waals surface area contributed by atoms with Gasteiger partial charge in [0.1, 0.15) is 5.82 Å². The van der Waals surface area contributed by atoms with E-state index in [1.165, 1.54) is 17.1 Å². The minimum absolute atomic E-state index is 0.0275. The third kappa shape index (κ3) is 4.29. The van der Waals surface area contributed by atoms with Crippen molar-refractivity contribution in [3.05, 3.63) is 75.5 Å². The van der Waals surface area contributed by atoms with Crippen molar-refractivity contribution in [3.8, 4) is 0 Å². The van der Waals surface area contributed by atoms with Crippen LogP contribution in [-0.2, 0) is 6.42 Å². The normalized spacial score (nSPS) is 14.4. The van der Waals surface area contributed by atoms with Crippen LogP contribution in [0.3, 0.4) is 0 Å². The molecule has 8 heteroatoms. The highest BCUT2D eigenvalue weighted by atomic mass is 35.5. The van der Waals surface area contributed by atoms with Gasteiger partial charge in [0.05, 0.1) is 10.0 Å². The lowest BCUT2D eigenvalue weighted by atomic mass is 10.1. The number of aromatic nitrogens is 2. The summed E-state index contributed by atoms with van der Waals surface area (Å²) in [7, 11) is 0. The lowest BCUT2D eigenvalue weighted by molar-refractivity contribution is 0.0747. The highest BCUT2D eigenvalue weighted by Gasteiger charge is 2.24. The Balaban J connectivity index is 1.36. The lowest BCUT2D eigenvalue weighted by Crippen LogP contribution is -2.48. The Morgan fingerprint density at radius 3 is 2.46 bits per heavy atom. The zero-order valence-corrected chi connectivity index (χ0v) is 17.3. The molecule has 1 fully saturated rings. The Labute approximate surface area is 177 Å². The summed E-state index contributed by atoms with van der Waals surface area (Å²) < 4.78 is 4.49. The third-order valence-corrected chi connectivity index (χ3v) is 6.22. The van der Waals surface area contributed by atoms with E-state index >= 15 is 0 Å². The van der Waals surface area contributed by atoms with E-state index in [0.717, 1.165) is 30.5 Å². The predicted molar refractivity (Wildman–Crippen MR) is 114 cm³/mol. The van der Waals surface area contributed by atoms with Crippen molar-refractivity contribution in [3.63, 3.8) is 0 Å².